The van der Waals surface area contributed by atoms with Crippen LogP contribution in [-0.4, -0.2) is 49.8 Å². The van der Waals surface area contributed by atoms with Gasteiger partial charge in [-0.1, -0.05) is 29.8 Å². The van der Waals surface area contributed by atoms with Crippen molar-refractivity contribution in [1.29, 1.82) is 15.8 Å². The Morgan fingerprint density at radius 3 is 0.677 bits per heavy atom. The second-order valence-electron chi connectivity index (χ2n) is 27.2. The summed E-state index contributed by atoms with van der Waals surface area (Å²) in [6.07, 6.45) is 2.17. The molecule has 0 N–H and O–H groups in total. The Hall–Kier alpha value is -15.6. The monoisotopic (exact) mass is 1770 g/mol. The number of aryl methyl sites for hydroxylation is 5. The third-order valence-electron chi connectivity index (χ3n) is 17.9. The van der Waals surface area contributed by atoms with Crippen LogP contribution in [0.5, 0.6) is 0 Å². The summed E-state index contributed by atoms with van der Waals surface area (Å²) in [5, 5.41) is 26.0. The molecule has 0 aliphatic heterocycles. The van der Waals surface area contributed by atoms with Gasteiger partial charge >= 0.3 is 12.4 Å². The average molecular weight is 1770 g/mol. The van der Waals surface area contributed by atoms with Crippen molar-refractivity contribution >= 4 is 0 Å². The van der Waals surface area contributed by atoms with Crippen LogP contribution in [0.4, 0.5) is 105 Å². The normalized spacial score (nSPS) is 11.0. The summed E-state index contributed by atoms with van der Waals surface area (Å²) in [6, 6.07) is 27.3. The molecule has 127 heavy (non-hydrogen) atoms. The molecular formula is C90H47F24N13. The van der Waals surface area contributed by atoms with Gasteiger partial charge in [0.05, 0.1) is 27.8 Å². The quantitative estimate of drug-likeness (QED) is 0.117. The molecule has 0 bridgehead atoms. The third kappa shape index (κ3) is 21.4. The number of rotatable bonds is 10. The third-order valence-corrected chi connectivity index (χ3v) is 17.9. The zero-order valence-corrected chi connectivity index (χ0v) is 64.9. The van der Waals surface area contributed by atoms with E-state index in [9.17, 15) is 105 Å². The van der Waals surface area contributed by atoms with Crippen molar-refractivity contribution < 1.29 is 105 Å². The van der Waals surface area contributed by atoms with Crippen molar-refractivity contribution in [2.24, 2.45) is 0 Å². The highest BCUT2D eigenvalue weighted by atomic mass is 19.4. The molecule has 0 spiro atoms. The first-order chi connectivity index (χ1) is 60.0. The average Bonchev–Trinajstić information content (AvgIpc) is 0.786. The lowest BCUT2D eigenvalue weighted by atomic mass is 9.99. The minimum atomic E-state index is -5.28. The van der Waals surface area contributed by atoms with Crippen molar-refractivity contribution in [3.63, 3.8) is 0 Å². The molecular weight excluding hydrogens is 1720 g/mol. The van der Waals surface area contributed by atoms with Crippen molar-refractivity contribution in [3.8, 4) is 131 Å². The maximum absolute atomic E-state index is 14.4. The van der Waals surface area contributed by atoms with Crippen LogP contribution in [0.1, 0.15) is 55.9 Å². The number of hydrogen-bond donors (Lipinski definition) is 0. The van der Waals surface area contributed by atoms with E-state index < -0.39 is 162 Å². The minimum Gasteiger partial charge on any atom is -0.236 e. The maximum Gasteiger partial charge on any atom is 0.422 e. The number of hydrogen-bond acceptors (Lipinski definition) is 13. The smallest absolute Gasteiger partial charge is 0.236 e. The molecule has 0 amide bonds. The summed E-state index contributed by atoms with van der Waals surface area (Å²) in [5.74, 6) is -21.4. The zero-order chi connectivity index (χ0) is 92.5. The summed E-state index contributed by atoms with van der Waals surface area (Å²) in [7, 11) is 0. The van der Waals surface area contributed by atoms with Gasteiger partial charge in [-0.2, -0.15) is 42.1 Å². The van der Waals surface area contributed by atoms with Crippen molar-refractivity contribution in [3.05, 3.63) is 356 Å². The van der Waals surface area contributed by atoms with E-state index in [0.29, 0.717) is 46.5 Å². The highest BCUT2D eigenvalue weighted by Gasteiger charge is 2.40. The molecule has 0 saturated carbocycles. The fraction of sp³-hybridized carbons (Fsp3) is 0.0778. The van der Waals surface area contributed by atoms with Crippen LogP contribution in [0.15, 0.2) is 195 Å². The van der Waals surface area contributed by atoms with Gasteiger partial charge in [-0.3, -0.25) is 0 Å². The van der Waals surface area contributed by atoms with Gasteiger partial charge in [0.15, 0.2) is 23.3 Å². The van der Waals surface area contributed by atoms with E-state index >= 15 is 0 Å². The standard InChI is InChI=1S/2C18H9F7N2.2C18H9F4N3.C18H11F2N3/c1-8-6-26-17(27-7-8)10-4-11(19)15(12(20)5-10)9-2-13(21)16(14(22)3-9)18(23,24)25;1-8-2-11(19)15(12(20)3-8)10-6-26-17(27-7-10)9-4-13(21)16(14(22)5-9)18(23,24)25;1-9-7-24-18(25-8-9)11-4-15(21)17(16(22)5-11)10-2-13(19)12(6-23)14(20)3-10;1-9-2-15(21)17(16(22)3-9)11-7-24-18(25-8-11)10-4-13(19)12(6-23)14(20)5-10;1-11-2-4-12(5-3-11)13-6-15(19)18(16(20)7-13)14-9-22-17(8-21)23-10-14/h2*2-7H,1H3;2*2-5,7-8H,1H3;2-7,9-10H,1H3. The van der Waals surface area contributed by atoms with Gasteiger partial charge in [-0.15, -0.1) is 0 Å². The number of nitriles is 3. The molecule has 5 aromatic heterocycles. The summed E-state index contributed by atoms with van der Waals surface area (Å²) in [5.41, 5.74) is -4.56. The van der Waals surface area contributed by atoms with E-state index in [2.05, 4.69) is 49.8 Å². The summed E-state index contributed by atoms with van der Waals surface area (Å²) >= 11 is 0. The highest BCUT2D eigenvalue weighted by molar-refractivity contribution is 5.75. The fourth-order valence-electron chi connectivity index (χ4n) is 12.1. The second-order valence-corrected chi connectivity index (χ2v) is 27.2. The van der Waals surface area contributed by atoms with Crippen molar-refractivity contribution in [2.45, 2.75) is 47.0 Å². The second kappa shape index (κ2) is 38.4. The lowest BCUT2D eigenvalue weighted by Crippen LogP contribution is -2.11. The summed E-state index contributed by atoms with van der Waals surface area (Å²) in [4.78, 5) is 38.6. The van der Waals surface area contributed by atoms with Gasteiger partial charge < -0.3 is 0 Å². The number of benzene rings is 10. The van der Waals surface area contributed by atoms with E-state index in [4.69, 9.17) is 15.8 Å². The van der Waals surface area contributed by atoms with Gasteiger partial charge in [0.25, 0.3) is 0 Å². The Morgan fingerprint density at radius 1 is 0.205 bits per heavy atom. The molecule has 0 aliphatic carbocycles. The van der Waals surface area contributed by atoms with Gasteiger partial charge in [0.2, 0.25) is 5.82 Å². The van der Waals surface area contributed by atoms with Crippen molar-refractivity contribution in [2.75, 3.05) is 0 Å². The molecule has 10 aromatic carbocycles. The lowest BCUT2D eigenvalue weighted by molar-refractivity contribution is -0.143. The Kier molecular flexibility index (Phi) is 27.9. The van der Waals surface area contributed by atoms with Crippen LogP contribution in [0.3, 0.4) is 0 Å². The van der Waals surface area contributed by atoms with E-state index in [1.54, 1.807) is 26.8 Å². The number of halogens is 24. The molecule has 0 atom stereocenters. The molecule has 13 nitrogen and oxygen atoms in total. The maximum atomic E-state index is 14.4. The largest absolute Gasteiger partial charge is 0.422 e. The van der Waals surface area contributed by atoms with Gasteiger partial charge in [0, 0.05) is 101 Å². The molecule has 0 unspecified atom stereocenters. The molecule has 15 aromatic rings. The van der Waals surface area contributed by atoms with Crippen LogP contribution in [-0.2, 0) is 12.4 Å². The zero-order valence-electron chi connectivity index (χ0n) is 64.9. The van der Waals surface area contributed by atoms with Crippen molar-refractivity contribution in [1.82, 2.24) is 49.8 Å². The Morgan fingerprint density at radius 2 is 0.417 bits per heavy atom. The molecule has 37 heteroatoms. The Bertz CT molecular complexity index is 6630. The molecule has 15 rings (SSSR count). The van der Waals surface area contributed by atoms with E-state index in [-0.39, 0.29) is 96.9 Å². The van der Waals surface area contributed by atoms with Gasteiger partial charge in [-0.25, -0.2) is 129 Å². The Balaban J connectivity index is 0.000000154. The molecule has 0 saturated heterocycles. The van der Waals surface area contributed by atoms with Gasteiger partial charge in [-0.05, 0) is 188 Å². The van der Waals surface area contributed by atoms with E-state index in [0.717, 1.165) is 90.0 Å². The first-order valence-corrected chi connectivity index (χ1v) is 35.9. The fourth-order valence-corrected chi connectivity index (χ4v) is 12.1. The van der Waals surface area contributed by atoms with Crippen LogP contribution in [0.2, 0.25) is 0 Å². The molecule has 0 radical (unpaired) electrons. The lowest BCUT2D eigenvalue weighted by Gasteiger charge is -2.13. The van der Waals surface area contributed by atoms with Crippen LogP contribution in [0.25, 0.3) is 112 Å². The molecule has 5 heterocycles. The first kappa shape index (κ1) is 92.1. The minimum absolute atomic E-state index is 0.00500. The van der Waals surface area contributed by atoms with Crippen LogP contribution >= 0.6 is 0 Å². The Labute approximate surface area is 701 Å². The van der Waals surface area contributed by atoms with Crippen LogP contribution < -0.4 is 0 Å². The van der Waals surface area contributed by atoms with E-state index in [1.165, 1.54) is 80.5 Å². The number of alkyl halides is 6. The highest BCUT2D eigenvalue weighted by Crippen LogP contribution is 2.41. The number of nitrogens with zero attached hydrogens (tertiary/aromatic N) is 13. The SMILES string of the molecule is Cc1cc(F)c(-c2cnc(-c3cc(F)c(C#N)c(F)c3)nc2)c(F)c1.Cc1cc(F)c(-c2cnc(-c3cc(F)c(C(F)(F)F)c(F)c3)nc2)c(F)c1.Cc1ccc(-c2cc(F)c(-c3cnc(C#N)nc3)c(F)c2)cc1.Cc1cnc(-c2cc(F)c(-c3cc(F)c(C#N)c(F)c3)c(F)c2)nc1.Cc1cnc(-c2cc(F)c(-c3cc(F)c(C(F)(F)F)c(F)c3)c(F)c2)nc1. The molecule has 0 fully saturated rings. The van der Waals surface area contributed by atoms with Gasteiger partial charge in [0.1, 0.15) is 145 Å². The first-order valence-electron chi connectivity index (χ1n) is 35.9. The van der Waals surface area contributed by atoms with E-state index in [1.807, 2.05) is 31.2 Å². The number of aromatic nitrogens is 10. The topological polar surface area (TPSA) is 200 Å². The van der Waals surface area contributed by atoms with Crippen LogP contribution in [0, 0.1) is 173 Å². The summed E-state index contributed by atoms with van der Waals surface area (Å²) < 4.78 is 328. The summed E-state index contributed by atoms with van der Waals surface area (Å²) in [6.45, 7) is 8.48. The predicted octanol–water partition coefficient (Wildman–Crippen LogP) is 24.8. The molecule has 640 valence electrons. The molecule has 0 aliphatic rings. The predicted molar refractivity (Wildman–Crippen MR) is 412 cm³/mol.